The van der Waals surface area contributed by atoms with E-state index in [4.69, 9.17) is 0 Å². The number of nitrogens with one attached hydrogen (secondary N) is 1. The average Bonchev–Trinajstić information content (AvgIpc) is 3.07. The molecule has 3 rings (SSSR count). The summed E-state index contributed by atoms with van der Waals surface area (Å²) in [5, 5.41) is 7.77. The first kappa shape index (κ1) is 15.5. The highest BCUT2D eigenvalue weighted by atomic mass is 19.4. The van der Waals surface area contributed by atoms with Gasteiger partial charge < -0.3 is 4.98 Å². The number of aromatic amines is 1. The molecule has 0 aliphatic carbocycles. The fraction of sp³-hybridized carbons (Fsp3) is 0.538. The van der Waals surface area contributed by atoms with Gasteiger partial charge in [-0.15, -0.1) is 10.2 Å². The van der Waals surface area contributed by atoms with E-state index in [1.807, 2.05) is 6.92 Å². The van der Waals surface area contributed by atoms with Gasteiger partial charge in [0, 0.05) is 6.54 Å². The van der Waals surface area contributed by atoms with Crippen molar-refractivity contribution in [3.05, 3.63) is 22.0 Å². The van der Waals surface area contributed by atoms with Crippen molar-refractivity contribution in [1.82, 2.24) is 29.1 Å². The molecule has 3 aromatic heterocycles. The zero-order valence-corrected chi connectivity index (χ0v) is 12.6. The van der Waals surface area contributed by atoms with Gasteiger partial charge in [-0.3, -0.25) is 9.36 Å². The van der Waals surface area contributed by atoms with Gasteiger partial charge in [0.1, 0.15) is 5.82 Å². The lowest BCUT2D eigenvalue weighted by molar-refractivity contribution is -0.144. The van der Waals surface area contributed by atoms with Crippen LogP contribution in [-0.4, -0.2) is 29.1 Å². The molecule has 3 aromatic rings. The van der Waals surface area contributed by atoms with Crippen molar-refractivity contribution in [2.24, 2.45) is 0 Å². The number of nitrogens with zero attached hydrogens (tertiary/aromatic N) is 5. The van der Waals surface area contributed by atoms with E-state index in [-0.39, 0.29) is 16.9 Å². The van der Waals surface area contributed by atoms with Crippen molar-refractivity contribution in [1.29, 1.82) is 0 Å². The molecule has 7 nitrogen and oxygen atoms in total. The summed E-state index contributed by atoms with van der Waals surface area (Å²) in [6.07, 6.45) is -2.05. The Kier molecular flexibility index (Phi) is 3.61. The van der Waals surface area contributed by atoms with Crippen LogP contribution in [0.25, 0.3) is 16.9 Å². The van der Waals surface area contributed by atoms with E-state index in [1.54, 1.807) is 6.92 Å². The van der Waals surface area contributed by atoms with Crippen LogP contribution in [0.15, 0.2) is 4.79 Å². The Morgan fingerprint density at radius 1 is 1.22 bits per heavy atom. The topological polar surface area (TPSA) is 80.9 Å². The van der Waals surface area contributed by atoms with Crippen molar-refractivity contribution < 1.29 is 13.2 Å². The SMILES string of the molecule is CCCCCn1c2nc(C(F)(F)F)[nH]c2c(=O)n2c(C)nnc12. The number of rotatable bonds is 4. The van der Waals surface area contributed by atoms with Crippen LogP contribution in [0.4, 0.5) is 13.2 Å². The molecule has 23 heavy (non-hydrogen) atoms. The highest BCUT2D eigenvalue weighted by Crippen LogP contribution is 2.28. The number of unbranched alkanes of at least 4 members (excludes halogenated alkanes) is 2. The van der Waals surface area contributed by atoms with Gasteiger partial charge in [-0.2, -0.15) is 13.2 Å². The summed E-state index contributed by atoms with van der Waals surface area (Å²) in [5.74, 6) is -0.664. The quantitative estimate of drug-likeness (QED) is 0.745. The standard InChI is InChI=1S/C13H15F3N6O/c1-3-4-5-6-21-9-8(17-11(18-9)13(14,15)16)10(23)22-7(2)19-20-12(21)22/h3-6H2,1-2H3,(H,17,18). The summed E-state index contributed by atoms with van der Waals surface area (Å²) in [7, 11) is 0. The van der Waals surface area contributed by atoms with Gasteiger partial charge in [0.15, 0.2) is 11.2 Å². The van der Waals surface area contributed by atoms with Crippen LogP contribution in [0, 0.1) is 6.92 Å². The third-order valence-electron chi connectivity index (χ3n) is 3.66. The van der Waals surface area contributed by atoms with Crippen molar-refractivity contribution in [3.8, 4) is 0 Å². The molecule has 0 fully saturated rings. The van der Waals surface area contributed by atoms with E-state index in [1.165, 1.54) is 8.97 Å². The fourth-order valence-electron chi connectivity index (χ4n) is 2.54. The van der Waals surface area contributed by atoms with Crippen LogP contribution >= 0.6 is 0 Å². The zero-order chi connectivity index (χ0) is 16.8. The van der Waals surface area contributed by atoms with Crippen LogP contribution in [0.5, 0.6) is 0 Å². The van der Waals surface area contributed by atoms with Crippen LogP contribution in [0.3, 0.4) is 0 Å². The second-order valence-corrected chi connectivity index (χ2v) is 5.33. The highest BCUT2D eigenvalue weighted by molar-refractivity contribution is 5.73. The number of hydrogen-bond acceptors (Lipinski definition) is 4. The number of aryl methyl sites for hydroxylation is 2. The van der Waals surface area contributed by atoms with Crippen molar-refractivity contribution in [2.45, 2.75) is 45.8 Å². The second-order valence-electron chi connectivity index (χ2n) is 5.33. The maximum Gasteiger partial charge on any atom is 0.449 e. The molecule has 0 unspecified atom stereocenters. The molecule has 0 aromatic carbocycles. The zero-order valence-electron chi connectivity index (χ0n) is 12.6. The van der Waals surface area contributed by atoms with Gasteiger partial charge in [-0.05, 0) is 13.3 Å². The van der Waals surface area contributed by atoms with Gasteiger partial charge in [0.2, 0.25) is 11.6 Å². The third-order valence-corrected chi connectivity index (χ3v) is 3.66. The molecule has 0 radical (unpaired) electrons. The molecular weight excluding hydrogens is 313 g/mol. The van der Waals surface area contributed by atoms with E-state index < -0.39 is 17.6 Å². The van der Waals surface area contributed by atoms with Crippen molar-refractivity contribution in [3.63, 3.8) is 0 Å². The summed E-state index contributed by atoms with van der Waals surface area (Å²) in [5.41, 5.74) is -0.866. The second kappa shape index (κ2) is 5.36. The summed E-state index contributed by atoms with van der Waals surface area (Å²) in [4.78, 5) is 18.1. The van der Waals surface area contributed by atoms with E-state index in [0.29, 0.717) is 12.4 Å². The van der Waals surface area contributed by atoms with Gasteiger partial charge in [0.05, 0.1) is 0 Å². The first-order valence-electron chi connectivity index (χ1n) is 7.26. The first-order chi connectivity index (χ1) is 10.8. The summed E-state index contributed by atoms with van der Waals surface area (Å²) < 4.78 is 41.4. The number of imidazole rings is 1. The smallest absolute Gasteiger partial charge is 0.328 e. The number of halogens is 3. The number of H-pyrrole nitrogens is 1. The Bertz CT molecular complexity index is 920. The largest absolute Gasteiger partial charge is 0.449 e. The predicted octanol–water partition coefficient (Wildman–Crippen LogP) is 2.28. The minimum atomic E-state index is -4.65. The molecule has 0 aliphatic rings. The normalized spacial score (nSPS) is 12.6. The molecule has 0 aliphatic heterocycles. The lowest BCUT2D eigenvalue weighted by Gasteiger charge is -2.08. The molecule has 124 valence electrons. The van der Waals surface area contributed by atoms with Gasteiger partial charge in [-0.25, -0.2) is 9.38 Å². The minimum absolute atomic E-state index is 0.0432. The van der Waals surface area contributed by atoms with Crippen LogP contribution in [0.2, 0.25) is 0 Å². The number of hydrogen-bond donors (Lipinski definition) is 1. The number of alkyl halides is 3. The van der Waals surface area contributed by atoms with Gasteiger partial charge >= 0.3 is 6.18 Å². The third kappa shape index (κ3) is 2.47. The summed E-state index contributed by atoms with van der Waals surface area (Å²) in [6, 6.07) is 0. The summed E-state index contributed by atoms with van der Waals surface area (Å²) in [6.45, 7) is 4.01. The Morgan fingerprint density at radius 2 is 1.96 bits per heavy atom. The molecular formula is C13H15F3N6O. The lowest BCUT2D eigenvalue weighted by atomic mass is 10.2. The molecule has 0 saturated carbocycles. The van der Waals surface area contributed by atoms with Gasteiger partial charge in [-0.1, -0.05) is 19.8 Å². The molecule has 0 amide bonds. The summed E-state index contributed by atoms with van der Waals surface area (Å²) >= 11 is 0. The fourth-order valence-corrected chi connectivity index (χ4v) is 2.54. The maximum atomic E-state index is 12.9. The highest BCUT2D eigenvalue weighted by Gasteiger charge is 2.36. The van der Waals surface area contributed by atoms with Gasteiger partial charge in [0.25, 0.3) is 5.56 Å². The van der Waals surface area contributed by atoms with Crippen LogP contribution in [0.1, 0.15) is 37.8 Å². The molecule has 1 N–H and O–H groups in total. The van der Waals surface area contributed by atoms with Crippen molar-refractivity contribution in [2.75, 3.05) is 0 Å². The Morgan fingerprint density at radius 3 is 2.61 bits per heavy atom. The van der Waals surface area contributed by atoms with Crippen LogP contribution < -0.4 is 5.56 Å². The number of aromatic nitrogens is 6. The lowest BCUT2D eigenvalue weighted by Crippen LogP contribution is -2.20. The number of fused-ring (bicyclic) bond motifs is 2. The molecule has 0 spiro atoms. The van der Waals surface area contributed by atoms with Crippen LogP contribution in [-0.2, 0) is 12.7 Å². The Labute approximate surface area is 128 Å². The molecule has 0 bridgehead atoms. The average molecular weight is 328 g/mol. The Hall–Kier alpha value is -2.39. The van der Waals surface area contributed by atoms with E-state index in [0.717, 1.165) is 19.3 Å². The minimum Gasteiger partial charge on any atom is -0.328 e. The molecule has 0 saturated heterocycles. The Balaban J connectivity index is 2.32. The predicted molar refractivity (Wildman–Crippen MR) is 76.2 cm³/mol. The molecule has 10 heteroatoms. The molecule has 3 heterocycles. The molecule has 0 atom stereocenters. The monoisotopic (exact) mass is 328 g/mol. The maximum absolute atomic E-state index is 12.9. The van der Waals surface area contributed by atoms with E-state index in [2.05, 4.69) is 20.2 Å². The first-order valence-corrected chi connectivity index (χ1v) is 7.26. The van der Waals surface area contributed by atoms with E-state index >= 15 is 0 Å². The van der Waals surface area contributed by atoms with E-state index in [9.17, 15) is 18.0 Å². The van der Waals surface area contributed by atoms with Crippen molar-refractivity contribution >= 4 is 16.9 Å².